The van der Waals surface area contributed by atoms with Crippen molar-refractivity contribution in [3.8, 4) is 0 Å². The van der Waals surface area contributed by atoms with Gasteiger partial charge in [-0.05, 0) is 48.2 Å². The molecule has 0 aliphatic carbocycles. The summed E-state index contributed by atoms with van der Waals surface area (Å²) < 4.78 is 13.4. The molecule has 1 nitrogen and oxygen atoms in total. The fraction of sp³-hybridized carbons (Fsp3) is 0.333. The van der Waals surface area contributed by atoms with Crippen molar-refractivity contribution < 1.29 is 4.39 Å². The van der Waals surface area contributed by atoms with Gasteiger partial charge in [-0.15, -0.1) is 0 Å². The molecule has 0 amide bonds. The molecule has 2 heteroatoms. The first-order valence-corrected chi connectivity index (χ1v) is 7.11. The van der Waals surface area contributed by atoms with E-state index in [4.69, 9.17) is 0 Å². The Bertz CT molecular complexity index is 563. The van der Waals surface area contributed by atoms with Crippen molar-refractivity contribution >= 4 is 0 Å². The van der Waals surface area contributed by atoms with Gasteiger partial charge in [-0.2, -0.15) is 0 Å². The maximum Gasteiger partial charge on any atom is 0.123 e. The van der Waals surface area contributed by atoms with Crippen LogP contribution in [0.15, 0.2) is 48.5 Å². The topological polar surface area (TPSA) is 12.0 Å². The lowest BCUT2D eigenvalue weighted by Crippen LogP contribution is -2.18. The van der Waals surface area contributed by atoms with Crippen molar-refractivity contribution in [1.29, 1.82) is 0 Å². The van der Waals surface area contributed by atoms with Crippen molar-refractivity contribution in [2.45, 2.75) is 26.3 Å². The molecule has 1 unspecified atom stereocenters. The van der Waals surface area contributed by atoms with Crippen LogP contribution >= 0.6 is 0 Å². The Morgan fingerprint density at radius 2 is 1.65 bits per heavy atom. The molecule has 0 fully saturated rings. The average molecular weight is 271 g/mol. The van der Waals surface area contributed by atoms with Gasteiger partial charge in [-0.1, -0.05) is 50.2 Å². The van der Waals surface area contributed by atoms with Gasteiger partial charge in [-0.25, -0.2) is 4.39 Å². The lowest BCUT2D eigenvalue weighted by Gasteiger charge is -2.18. The number of rotatable bonds is 5. The maximum atomic E-state index is 13.4. The highest BCUT2D eigenvalue weighted by molar-refractivity contribution is 5.34. The third kappa shape index (κ3) is 3.67. The van der Waals surface area contributed by atoms with Crippen LogP contribution < -0.4 is 5.32 Å². The molecule has 1 atom stereocenters. The number of hydrogen-bond acceptors (Lipinski definition) is 1. The van der Waals surface area contributed by atoms with Gasteiger partial charge in [0.15, 0.2) is 0 Å². The second-order valence-corrected chi connectivity index (χ2v) is 5.62. The quantitative estimate of drug-likeness (QED) is 0.853. The smallest absolute Gasteiger partial charge is 0.123 e. The average Bonchev–Trinajstić information content (AvgIpc) is 2.39. The fourth-order valence-electron chi connectivity index (χ4n) is 2.58. The minimum Gasteiger partial charge on any atom is -0.309 e. The predicted octanol–water partition coefficient (Wildman–Crippen LogP) is 4.33. The molecule has 20 heavy (non-hydrogen) atoms. The summed E-state index contributed by atoms with van der Waals surface area (Å²) in [5.74, 6) is 0.438. The van der Waals surface area contributed by atoms with Crippen LogP contribution in [-0.2, 0) is 6.42 Å². The molecule has 0 aliphatic heterocycles. The Labute approximate surface area is 120 Å². The second kappa shape index (κ2) is 6.67. The Hall–Kier alpha value is -1.67. The number of halogens is 1. The Morgan fingerprint density at radius 1 is 1.00 bits per heavy atom. The monoisotopic (exact) mass is 271 g/mol. The minimum absolute atomic E-state index is 0.0258. The Kier molecular flexibility index (Phi) is 4.91. The van der Waals surface area contributed by atoms with E-state index in [-0.39, 0.29) is 11.9 Å². The molecule has 0 heterocycles. The molecule has 0 saturated heterocycles. The SMILES string of the molecule is CNC(c1cccc(F)c1)c1cccc(CC(C)C)c1. The highest BCUT2D eigenvalue weighted by Crippen LogP contribution is 2.23. The summed E-state index contributed by atoms with van der Waals surface area (Å²) in [6, 6.07) is 15.4. The number of nitrogens with one attached hydrogen (secondary N) is 1. The molecule has 0 aliphatic rings. The molecule has 106 valence electrons. The first-order chi connectivity index (χ1) is 9.60. The van der Waals surface area contributed by atoms with Crippen molar-refractivity contribution in [2.75, 3.05) is 7.05 Å². The van der Waals surface area contributed by atoms with E-state index < -0.39 is 0 Å². The Morgan fingerprint density at radius 3 is 2.25 bits per heavy atom. The standard InChI is InChI=1S/C18H22FN/c1-13(2)10-14-6-4-7-15(11-14)18(20-3)16-8-5-9-17(19)12-16/h4-9,11-13,18,20H,10H2,1-3H3. The van der Waals surface area contributed by atoms with Crippen molar-refractivity contribution in [3.63, 3.8) is 0 Å². The van der Waals surface area contributed by atoms with Crippen LogP contribution in [-0.4, -0.2) is 7.05 Å². The van der Waals surface area contributed by atoms with Gasteiger partial charge in [0, 0.05) is 0 Å². The minimum atomic E-state index is -0.193. The van der Waals surface area contributed by atoms with E-state index in [9.17, 15) is 4.39 Å². The van der Waals surface area contributed by atoms with Crippen molar-refractivity contribution in [1.82, 2.24) is 5.32 Å². The molecule has 0 spiro atoms. The number of benzene rings is 2. The molecular weight excluding hydrogens is 249 g/mol. The molecule has 2 rings (SSSR count). The molecule has 0 radical (unpaired) electrons. The van der Waals surface area contributed by atoms with E-state index in [0.717, 1.165) is 12.0 Å². The van der Waals surface area contributed by atoms with Gasteiger partial charge in [0.1, 0.15) is 5.82 Å². The van der Waals surface area contributed by atoms with Gasteiger partial charge in [-0.3, -0.25) is 0 Å². The highest BCUT2D eigenvalue weighted by atomic mass is 19.1. The zero-order valence-electron chi connectivity index (χ0n) is 12.4. The molecule has 2 aromatic carbocycles. The van der Waals surface area contributed by atoms with Crippen LogP contribution in [0.3, 0.4) is 0 Å². The van der Waals surface area contributed by atoms with E-state index in [0.29, 0.717) is 5.92 Å². The summed E-state index contributed by atoms with van der Waals surface area (Å²) >= 11 is 0. The van der Waals surface area contributed by atoms with Crippen LogP contribution in [0.25, 0.3) is 0 Å². The molecule has 0 aromatic heterocycles. The summed E-state index contributed by atoms with van der Waals surface area (Å²) in [6.07, 6.45) is 1.06. The third-order valence-corrected chi connectivity index (χ3v) is 3.40. The first kappa shape index (κ1) is 14.7. The second-order valence-electron chi connectivity index (χ2n) is 5.62. The molecule has 1 N–H and O–H groups in total. The van der Waals surface area contributed by atoms with Crippen LogP contribution in [0.5, 0.6) is 0 Å². The summed E-state index contributed by atoms with van der Waals surface area (Å²) in [5.41, 5.74) is 3.46. The summed E-state index contributed by atoms with van der Waals surface area (Å²) in [5, 5.41) is 3.28. The third-order valence-electron chi connectivity index (χ3n) is 3.40. The van der Waals surface area contributed by atoms with E-state index in [2.05, 4.69) is 43.4 Å². The van der Waals surface area contributed by atoms with E-state index >= 15 is 0 Å². The van der Waals surface area contributed by atoms with Gasteiger partial charge < -0.3 is 5.32 Å². The lowest BCUT2D eigenvalue weighted by atomic mass is 9.94. The zero-order chi connectivity index (χ0) is 14.5. The van der Waals surface area contributed by atoms with Crippen LogP contribution in [0.1, 0.15) is 36.6 Å². The summed E-state index contributed by atoms with van der Waals surface area (Å²) in [6.45, 7) is 4.43. The first-order valence-electron chi connectivity index (χ1n) is 7.11. The summed E-state index contributed by atoms with van der Waals surface area (Å²) in [4.78, 5) is 0. The van der Waals surface area contributed by atoms with Crippen LogP contribution in [0, 0.1) is 11.7 Å². The molecular formula is C18H22FN. The van der Waals surface area contributed by atoms with E-state index in [1.165, 1.54) is 17.2 Å². The van der Waals surface area contributed by atoms with Gasteiger partial charge in [0.05, 0.1) is 6.04 Å². The van der Waals surface area contributed by atoms with Gasteiger partial charge >= 0.3 is 0 Å². The van der Waals surface area contributed by atoms with E-state index in [1.54, 1.807) is 12.1 Å². The van der Waals surface area contributed by atoms with Crippen molar-refractivity contribution in [2.24, 2.45) is 5.92 Å². The predicted molar refractivity (Wildman–Crippen MR) is 82.3 cm³/mol. The largest absolute Gasteiger partial charge is 0.309 e. The summed E-state index contributed by atoms with van der Waals surface area (Å²) in [7, 11) is 1.91. The number of hydrogen-bond donors (Lipinski definition) is 1. The lowest BCUT2D eigenvalue weighted by molar-refractivity contribution is 0.616. The molecule has 0 saturated carbocycles. The van der Waals surface area contributed by atoms with Gasteiger partial charge in [0.2, 0.25) is 0 Å². The van der Waals surface area contributed by atoms with Crippen LogP contribution in [0.4, 0.5) is 4.39 Å². The fourth-order valence-corrected chi connectivity index (χ4v) is 2.58. The highest BCUT2D eigenvalue weighted by Gasteiger charge is 2.13. The molecule has 0 bridgehead atoms. The van der Waals surface area contributed by atoms with Crippen molar-refractivity contribution in [3.05, 3.63) is 71.0 Å². The maximum absolute atomic E-state index is 13.4. The Balaban J connectivity index is 2.32. The van der Waals surface area contributed by atoms with Crippen LogP contribution in [0.2, 0.25) is 0 Å². The normalized spacial score (nSPS) is 12.7. The molecule has 2 aromatic rings. The van der Waals surface area contributed by atoms with Gasteiger partial charge in [0.25, 0.3) is 0 Å². The zero-order valence-corrected chi connectivity index (χ0v) is 12.4. The van der Waals surface area contributed by atoms with E-state index in [1.807, 2.05) is 13.1 Å².